The van der Waals surface area contributed by atoms with Crippen molar-refractivity contribution in [2.75, 3.05) is 0 Å². The lowest BCUT2D eigenvalue weighted by Gasteiger charge is -2.06. The summed E-state index contributed by atoms with van der Waals surface area (Å²) in [5.41, 5.74) is 3.59. The maximum atomic E-state index is 12.0. The summed E-state index contributed by atoms with van der Waals surface area (Å²) in [6.45, 7) is 2.13. The number of hydrogen-bond acceptors (Lipinski definition) is 2. The zero-order valence-corrected chi connectivity index (χ0v) is 10.8. The standard InChI is InChI=1S/C15H16OS/c1-2-13-5-3-4-6-14(13)10-15(16)9-12-7-8-17-11-12/h3-8,11H,2,9-10H2,1H3. The number of thiophene rings is 1. The molecule has 2 heteroatoms. The van der Waals surface area contributed by atoms with Crippen molar-refractivity contribution in [1.29, 1.82) is 0 Å². The van der Waals surface area contributed by atoms with Gasteiger partial charge >= 0.3 is 0 Å². The zero-order valence-electron chi connectivity index (χ0n) is 9.98. The van der Waals surface area contributed by atoms with E-state index in [1.54, 1.807) is 11.3 Å². The van der Waals surface area contributed by atoms with Crippen LogP contribution < -0.4 is 0 Å². The lowest BCUT2D eigenvalue weighted by Crippen LogP contribution is -2.07. The number of carbonyl (C=O) groups excluding carboxylic acids is 1. The minimum Gasteiger partial charge on any atom is -0.299 e. The number of benzene rings is 1. The Balaban J connectivity index is 2.03. The molecule has 0 atom stereocenters. The van der Waals surface area contributed by atoms with Gasteiger partial charge in [0.05, 0.1) is 0 Å². The first-order valence-electron chi connectivity index (χ1n) is 5.89. The molecule has 2 aromatic rings. The van der Waals surface area contributed by atoms with Crippen LogP contribution in [-0.2, 0) is 24.1 Å². The molecule has 0 radical (unpaired) electrons. The van der Waals surface area contributed by atoms with E-state index >= 15 is 0 Å². The zero-order chi connectivity index (χ0) is 12.1. The summed E-state index contributed by atoms with van der Waals surface area (Å²) < 4.78 is 0. The maximum absolute atomic E-state index is 12.0. The summed E-state index contributed by atoms with van der Waals surface area (Å²) in [7, 11) is 0. The van der Waals surface area contributed by atoms with E-state index < -0.39 is 0 Å². The lowest BCUT2D eigenvalue weighted by atomic mass is 9.98. The molecular formula is C15H16OS. The number of rotatable bonds is 5. The molecule has 17 heavy (non-hydrogen) atoms. The summed E-state index contributed by atoms with van der Waals surface area (Å²) in [4.78, 5) is 12.0. The first-order valence-corrected chi connectivity index (χ1v) is 6.83. The van der Waals surface area contributed by atoms with Crippen LogP contribution in [0.15, 0.2) is 41.1 Å². The monoisotopic (exact) mass is 244 g/mol. The molecule has 0 unspecified atom stereocenters. The van der Waals surface area contributed by atoms with Gasteiger partial charge in [-0.1, -0.05) is 31.2 Å². The van der Waals surface area contributed by atoms with Gasteiger partial charge in [-0.15, -0.1) is 0 Å². The highest BCUT2D eigenvalue weighted by molar-refractivity contribution is 7.07. The number of carbonyl (C=O) groups is 1. The van der Waals surface area contributed by atoms with Crippen LogP contribution in [0.2, 0.25) is 0 Å². The lowest BCUT2D eigenvalue weighted by molar-refractivity contribution is -0.117. The third-order valence-corrected chi connectivity index (χ3v) is 3.60. The molecule has 0 aliphatic carbocycles. The quantitative estimate of drug-likeness (QED) is 0.784. The van der Waals surface area contributed by atoms with Crippen LogP contribution in [-0.4, -0.2) is 5.78 Å². The molecule has 1 heterocycles. The SMILES string of the molecule is CCc1ccccc1CC(=O)Cc1ccsc1. The molecule has 0 saturated carbocycles. The van der Waals surface area contributed by atoms with E-state index in [0.29, 0.717) is 18.6 Å². The minimum atomic E-state index is 0.296. The van der Waals surface area contributed by atoms with Crippen LogP contribution in [0.25, 0.3) is 0 Å². The van der Waals surface area contributed by atoms with Crippen molar-refractivity contribution in [2.24, 2.45) is 0 Å². The van der Waals surface area contributed by atoms with Crippen molar-refractivity contribution >= 4 is 17.1 Å². The molecular weight excluding hydrogens is 228 g/mol. The average Bonchev–Trinajstić information content (AvgIpc) is 2.82. The van der Waals surface area contributed by atoms with E-state index in [0.717, 1.165) is 12.0 Å². The van der Waals surface area contributed by atoms with Gasteiger partial charge in [0.1, 0.15) is 5.78 Å². The molecule has 0 fully saturated rings. The Bertz CT molecular complexity index is 485. The predicted octanol–water partition coefficient (Wildman–Crippen LogP) is 3.66. The molecule has 2 rings (SSSR count). The Morgan fingerprint density at radius 1 is 1.12 bits per heavy atom. The third-order valence-electron chi connectivity index (χ3n) is 2.87. The second-order valence-corrected chi connectivity index (χ2v) is 4.93. The highest BCUT2D eigenvalue weighted by Crippen LogP contribution is 2.13. The first kappa shape index (κ1) is 12.1. The van der Waals surface area contributed by atoms with Crippen LogP contribution in [0.1, 0.15) is 23.6 Å². The summed E-state index contributed by atoms with van der Waals surface area (Å²) in [6.07, 6.45) is 2.10. The molecule has 0 aliphatic rings. The largest absolute Gasteiger partial charge is 0.299 e. The highest BCUT2D eigenvalue weighted by atomic mass is 32.1. The van der Waals surface area contributed by atoms with Crippen molar-refractivity contribution in [3.63, 3.8) is 0 Å². The smallest absolute Gasteiger partial charge is 0.141 e. The van der Waals surface area contributed by atoms with E-state index in [1.807, 2.05) is 29.0 Å². The van der Waals surface area contributed by atoms with Crippen LogP contribution >= 0.6 is 11.3 Å². The summed E-state index contributed by atoms with van der Waals surface area (Å²) in [5.74, 6) is 0.296. The van der Waals surface area contributed by atoms with Crippen LogP contribution in [0.3, 0.4) is 0 Å². The summed E-state index contributed by atoms with van der Waals surface area (Å²) in [6, 6.07) is 10.2. The molecule has 0 bridgehead atoms. The van der Waals surface area contributed by atoms with Crippen molar-refractivity contribution in [3.05, 3.63) is 57.8 Å². The van der Waals surface area contributed by atoms with Crippen molar-refractivity contribution in [2.45, 2.75) is 26.2 Å². The molecule has 0 N–H and O–H groups in total. The predicted molar refractivity (Wildman–Crippen MR) is 72.6 cm³/mol. The summed E-state index contributed by atoms with van der Waals surface area (Å²) >= 11 is 1.64. The number of aryl methyl sites for hydroxylation is 1. The van der Waals surface area contributed by atoms with Gasteiger partial charge in [-0.05, 0) is 39.9 Å². The molecule has 1 aromatic carbocycles. The van der Waals surface area contributed by atoms with Gasteiger partial charge in [0.15, 0.2) is 0 Å². The maximum Gasteiger partial charge on any atom is 0.141 e. The van der Waals surface area contributed by atoms with E-state index in [2.05, 4.69) is 19.1 Å². The van der Waals surface area contributed by atoms with Crippen molar-refractivity contribution in [3.8, 4) is 0 Å². The molecule has 88 valence electrons. The molecule has 0 amide bonds. The van der Waals surface area contributed by atoms with E-state index in [9.17, 15) is 4.79 Å². The van der Waals surface area contributed by atoms with E-state index in [4.69, 9.17) is 0 Å². The van der Waals surface area contributed by atoms with Gasteiger partial charge in [-0.2, -0.15) is 11.3 Å². The second-order valence-electron chi connectivity index (χ2n) is 4.15. The highest BCUT2D eigenvalue weighted by Gasteiger charge is 2.08. The van der Waals surface area contributed by atoms with E-state index in [-0.39, 0.29) is 0 Å². The van der Waals surface area contributed by atoms with Gasteiger partial charge in [0, 0.05) is 12.8 Å². The van der Waals surface area contributed by atoms with Crippen LogP contribution in [0, 0.1) is 0 Å². The number of Topliss-reactive ketones (excluding diaryl/α,β-unsaturated/α-hetero) is 1. The minimum absolute atomic E-state index is 0.296. The van der Waals surface area contributed by atoms with Crippen molar-refractivity contribution in [1.82, 2.24) is 0 Å². The van der Waals surface area contributed by atoms with Gasteiger partial charge in [0.25, 0.3) is 0 Å². The topological polar surface area (TPSA) is 17.1 Å². The van der Waals surface area contributed by atoms with Crippen LogP contribution in [0.4, 0.5) is 0 Å². The number of ketones is 1. The van der Waals surface area contributed by atoms with Crippen molar-refractivity contribution < 1.29 is 4.79 Å². The van der Waals surface area contributed by atoms with Crippen LogP contribution in [0.5, 0.6) is 0 Å². The molecule has 0 saturated heterocycles. The molecule has 1 aromatic heterocycles. The Labute approximate surface area is 106 Å². The first-order chi connectivity index (χ1) is 8.29. The van der Waals surface area contributed by atoms with Gasteiger partial charge < -0.3 is 0 Å². The molecule has 0 aliphatic heterocycles. The average molecular weight is 244 g/mol. The fraction of sp³-hybridized carbons (Fsp3) is 0.267. The number of hydrogen-bond donors (Lipinski definition) is 0. The Kier molecular flexibility index (Phi) is 4.10. The van der Waals surface area contributed by atoms with E-state index in [1.165, 1.54) is 11.1 Å². The van der Waals surface area contributed by atoms with Gasteiger partial charge in [0.2, 0.25) is 0 Å². The van der Waals surface area contributed by atoms with Gasteiger partial charge in [-0.3, -0.25) is 4.79 Å². The Morgan fingerprint density at radius 3 is 2.53 bits per heavy atom. The normalized spacial score (nSPS) is 10.4. The fourth-order valence-electron chi connectivity index (χ4n) is 1.97. The van der Waals surface area contributed by atoms with Gasteiger partial charge in [-0.25, -0.2) is 0 Å². The molecule has 0 spiro atoms. The summed E-state index contributed by atoms with van der Waals surface area (Å²) in [5, 5.41) is 4.06. The second kappa shape index (κ2) is 5.78. The Hall–Kier alpha value is -1.41. The fourth-order valence-corrected chi connectivity index (χ4v) is 2.64. The molecule has 1 nitrogen and oxygen atoms in total. The Morgan fingerprint density at radius 2 is 1.88 bits per heavy atom. The third kappa shape index (κ3) is 3.27.